The molecule has 0 spiro atoms. The zero-order valence-electron chi connectivity index (χ0n) is 20.1. The molecule has 5 nitrogen and oxygen atoms in total. The van der Waals surface area contributed by atoms with Crippen molar-refractivity contribution in [2.24, 2.45) is 57.8 Å². The van der Waals surface area contributed by atoms with Crippen molar-refractivity contribution in [3.63, 3.8) is 0 Å². The van der Waals surface area contributed by atoms with Crippen LogP contribution in [0.2, 0.25) is 0 Å². The van der Waals surface area contributed by atoms with Crippen molar-refractivity contribution in [1.29, 1.82) is 0 Å². The molecule has 0 radical (unpaired) electrons. The molecule has 1 amide bonds. The highest BCUT2D eigenvalue weighted by molar-refractivity contribution is 5.73. The maximum Gasteiger partial charge on any atom is 0.217 e. The Balaban J connectivity index is 1.49. The fourth-order valence-corrected chi connectivity index (χ4v) is 9.32. The second-order valence-electron chi connectivity index (χ2n) is 12.2. The largest absolute Gasteiger partial charge is 0.393 e. The summed E-state index contributed by atoms with van der Waals surface area (Å²) in [5.74, 6) is 3.66. The molecule has 4 saturated carbocycles. The molecule has 0 aromatic rings. The molecular weight excluding hydrogens is 386 g/mol. The Morgan fingerprint density at radius 3 is 2.48 bits per heavy atom. The van der Waals surface area contributed by atoms with Gasteiger partial charge in [-0.25, -0.2) is 0 Å². The highest BCUT2D eigenvalue weighted by Gasteiger charge is 2.62. The predicted molar refractivity (Wildman–Crippen MR) is 125 cm³/mol. The lowest BCUT2D eigenvalue weighted by Crippen LogP contribution is -2.59. The van der Waals surface area contributed by atoms with E-state index in [9.17, 15) is 9.90 Å². The monoisotopic (exact) mass is 433 g/mol. The second-order valence-corrected chi connectivity index (χ2v) is 12.2. The Labute approximate surface area is 189 Å². The summed E-state index contributed by atoms with van der Waals surface area (Å²) in [5.41, 5.74) is 11.8. The highest BCUT2D eigenvalue weighted by atomic mass is 16.3. The van der Waals surface area contributed by atoms with Crippen molar-refractivity contribution < 1.29 is 9.90 Å². The van der Waals surface area contributed by atoms with Crippen molar-refractivity contribution >= 4 is 5.91 Å². The maximum atomic E-state index is 11.4. The number of aliphatic hydroxyl groups excluding tert-OH is 1. The van der Waals surface area contributed by atoms with E-state index in [2.05, 4.69) is 26.1 Å². The minimum atomic E-state index is -0.166. The normalized spacial score (nSPS) is 47.8. The van der Waals surface area contributed by atoms with Crippen LogP contribution in [0.5, 0.6) is 0 Å². The number of hydrogen-bond acceptors (Lipinski definition) is 4. The molecule has 0 bridgehead atoms. The minimum Gasteiger partial charge on any atom is -0.393 e. The van der Waals surface area contributed by atoms with E-state index in [1.807, 2.05) is 0 Å². The fourth-order valence-electron chi connectivity index (χ4n) is 9.32. The Kier molecular flexibility index (Phi) is 6.78. The van der Waals surface area contributed by atoms with Crippen molar-refractivity contribution in [3.05, 3.63) is 0 Å². The molecule has 10 atom stereocenters. The van der Waals surface area contributed by atoms with E-state index in [-0.39, 0.29) is 17.4 Å². The van der Waals surface area contributed by atoms with Crippen LogP contribution in [0.25, 0.3) is 0 Å². The second kappa shape index (κ2) is 8.95. The number of nitrogens with two attached hydrogens (primary N) is 2. The standard InChI is InChI=1S/C26H47N3O2/c1-16(4-7-24(28)31)19-5-6-20-18-15-23(30)22-14-17(29-13-12-27)8-10-26(22,3)21(18)9-11-25(19,20)2/h16-23,29-30H,4-15,27H2,1-3H3,(H2,28,31)/t16-,17?,18?,19-,20?,21?,22+,23-,25-,26-/m1/s1. The molecule has 0 aliphatic heterocycles. The minimum absolute atomic E-state index is 0.164. The van der Waals surface area contributed by atoms with Gasteiger partial charge in [0.15, 0.2) is 0 Å². The van der Waals surface area contributed by atoms with Crippen molar-refractivity contribution in [3.8, 4) is 0 Å². The molecule has 0 aromatic carbocycles. The summed E-state index contributed by atoms with van der Waals surface area (Å²) in [6.45, 7) is 8.97. The number of primary amides is 1. The van der Waals surface area contributed by atoms with E-state index in [0.717, 1.165) is 37.6 Å². The van der Waals surface area contributed by atoms with Crippen LogP contribution < -0.4 is 16.8 Å². The van der Waals surface area contributed by atoms with Crippen molar-refractivity contribution in [2.45, 2.75) is 97.1 Å². The van der Waals surface area contributed by atoms with E-state index < -0.39 is 0 Å². The summed E-state index contributed by atoms with van der Waals surface area (Å²) in [7, 11) is 0. The fraction of sp³-hybridized carbons (Fsp3) is 0.962. The van der Waals surface area contributed by atoms with Crippen LogP contribution in [0.3, 0.4) is 0 Å². The van der Waals surface area contributed by atoms with Gasteiger partial charge >= 0.3 is 0 Å². The molecule has 178 valence electrons. The van der Waals surface area contributed by atoms with Crippen molar-refractivity contribution in [1.82, 2.24) is 5.32 Å². The molecule has 4 unspecified atom stereocenters. The van der Waals surface area contributed by atoms with E-state index in [1.165, 1.54) is 38.5 Å². The van der Waals surface area contributed by atoms with Crippen LogP contribution in [0, 0.1) is 46.3 Å². The zero-order chi connectivity index (χ0) is 22.4. The van der Waals surface area contributed by atoms with Gasteiger partial charge in [-0.05, 0) is 104 Å². The van der Waals surface area contributed by atoms with Gasteiger partial charge in [-0.1, -0.05) is 20.8 Å². The van der Waals surface area contributed by atoms with E-state index in [4.69, 9.17) is 11.5 Å². The van der Waals surface area contributed by atoms with E-state index in [0.29, 0.717) is 48.1 Å². The summed E-state index contributed by atoms with van der Waals surface area (Å²) in [4.78, 5) is 11.3. The third kappa shape index (κ3) is 4.08. The topological polar surface area (TPSA) is 101 Å². The van der Waals surface area contributed by atoms with Gasteiger partial charge < -0.3 is 21.9 Å². The Hall–Kier alpha value is -0.650. The average molecular weight is 434 g/mol. The molecule has 0 heterocycles. The number of carbonyl (C=O) groups excluding carboxylic acids is 1. The van der Waals surface area contributed by atoms with E-state index >= 15 is 0 Å². The number of amides is 1. The highest BCUT2D eigenvalue weighted by Crippen LogP contribution is 2.68. The van der Waals surface area contributed by atoms with Gasteiger partial charge in [0.05, 0.1) is 6.10 Å². The third-order valence-corrected chi connectivity index (χ3v) is 10.9. The van der Waals surface area contributed by atoms with Gasteiger partial charge in [0.25, 0.3) is 0 Å². The quantitative estimate of drug-likeness (QED) is 0.494. The summed E-state index contributed by atoms with van der Waals surface area (Å²) in [5, 5.41) is 15.0. The average Bonchev–Trinajstić information content (AvgIpc) is 3.08. The molecule has 0 aromatic heterocycles. The first-order valence-electron chi connectivity index (χ1n) is 13.1. The molecule has 6 N–H and O–H groups in total. The van der Waals surface area contributed by atoms with Crippen LogP contribution in [-0.4, -0.2) is 36.2 Å². The number of aliphatic hydroxyl groups is 1. The zero-order valence-corrected chi connectivity index (χ0v) is 20.1. The molecule has 5 heteroatoms. The molecule has 4 fully saturated rings. The first-order valence-corrected chi connectivity index (χ1v) is 13.1. The predicted octanol–water partition coefficient (Wildman–Crippen LogP) is 3.43. The van der Waals surface area contributed by atoms with Crippen LogP contribution in [0.1, 0.15) is 85.0 Å². The van der Waals surface area contributed by atoms with Gasteiger partial charge in [0.1, 0.15) is 0 Å². The summed E-state index contributed by atoms with van der Waals surface area (Å²) < 4.78 is 0. The van der Waals surface area contributed by atoms with Crippen LogP contribution in [0.15, 0.2) is 0 Å². The molecule has 4 aliphatic carbocycles. The smallest absolute Gasteiger partial charge is 0.217 e. The summed E-state index contributed by atoms with van der Waals surface area (Å²) >= 11 is 0. The Bertz CT molecular complexity index is 657. The first kappa shape index (κ1) is 23.5. The van der Waals surface area contributed by atoms with Gasteiger partial charge in [0.2, 0.25) is 5.91 Å². The number of nitrogens with one attached hydrogen (secondary N) is 1. The maximum absolute atomic E-state index is 11.4. The van der Waals surface area contributed by atoms with Gasteiger partial charge in [-0.2, -0.15) is 0 Å². The van der Waals surface area contributed by atoms with Gasteiger partial charge in [-0.3, -0.25) is 4.79 Å². The molecular formula is C26H47N3O2. The Morgan fingerprint density at radius 1 is 1.06 bits per heavy atom. The van der Waals surface area contributed by atoms with Crippen LogP contribution >= 0.6 is 0 Å². The number of fused-ring (bicyclic) bond motifs is 5. The van der Waals surface area contributed by atoms with Crippen molar-refractivity contribution in [2.75, 3.05) is 13.1 Å². The molecule has 4 rings (SSSR count). The van der Waals surface area contributed by atoms with Crippen LogP contribution in [0.4, 0.5) is 0 Å². The summed E-state index contributed by atoms with van der Waals surface area (Å²) in [6.07, 6.45) is 11.1. The SMILES string of the molecule is C[C@H](CCC(N)=O)[C@H]1CCC2C3C[C@@H](O)[C@@H]4CC(NCCN)CC[C@]4(C)C3CC[C@@]21C. The lowest BCUT2D eigenvalue weighted by molar-refractivity contribution is -0.162. The van der Waals surface area contributed by atoms with Gasteiger partial charge in [-0.15, -0.1) is 0 Å². The molecule has 31 heavy (non-hydrogen) atoms. The summed E-state index contributed by atoms with van der Waals surface area (Å²) in [6, 6.07) is 0.517. The first-order chi connectivity index (χ1) is 14.7. The number of hydrogen-bond donors (Lipinski definition) is 4. The molecule has 4 aliphatic rings. The lowest BCUT2D eigenvalue weighted by Gasteiger charge is -2.62. The number of carbonyl (C=O) groups is 1. The number of rotatable bonds is 7. The van der Waals surface area contributed by atoms with Gasteiger partial charge in [0, 0.05) is 25.6 Å². The molecule has 0 saturated heterocycles. The third-order valence-electron chi connectivity index (χ3n) is 10.9. The lowest BCUT2D eigenvalue weighted by atomic mass is 9.43. The van der Waals surface area contributed by atoms with Crippen LogP contribution in [-0.2, 0) is 4.79 Å². The van der Waals surface area contributed by atoms with E-state index in [1.54, 1.807) is 0 Å². The Morgan fingerprint density at radius 2 is 1.77 bits per heavy atom.